The van der Waals surface area contributed by atoms with Gasteiger partial charge in [0, 0.05) is 30.7 Å². The summed E-state index contributed by atoms with van der Waals surface area (Å²) in [6.45, 7) is 4.67. The van der Waals surface area contributed by atoms with E-state index in [4.69, 9.17) is 0 Å². The minimum atomic E-state index is -0.239. The van der Waals surface area contributed by atoms with Crippen molar-refractivity contribution in [2.45, 2.75) is 33.2 Å². The fourth-order valence-corrected chi connectivity index (χ4v) is 2.85. The van der Waals surface area contributed by atoms with Crippen molar-refractivity contribution in [1.29, 1.82) is 0 Å². The topological polar surface area (TPSA) is 79.8 Å². The van der Waals surface area contributed by atoms with Gasteiger partial charge in [-0.3, -0.25) is 9.78 Å². The summed E-state index contributed by atoms with van der Waals surface area (Å²) in [5, 5.41) is 6.24. The van der Waals surface area contributed by atoms with Gasteiger partial charge < -0.3 is 10.6 Å². The first kappa shape index (κ1) is 18.5. The van der Waals surface area contributed by atoms with Crippen LogP contribution >= 0.6 is 0 Å². The van der Waals surface area contributed by atoms with Gasteiger partial charge in [-0.15, -0.1) is 0 Å². The van der Waals surface area contributed by atoms with E-state index in [2.05, 4.69) is 57.6 Å². The fraction of sp³-hybridized carbons (Fsp3) is 0.238. The molecule has 0 aliphatic rings. The number of amides is 1. The Bertz CT molecular complexity index is 889. The SMILES string of the molecule is CCc1cccc(CC)c1Nc1cc(C(=O)NCc2ccncc2)ncn1. The van der Waals surface area contributed by atoms with E-state index in [1.54, 1.807) is 18.5 Å². The second-order valence-electron chi connectivity index (χ2n) is 6.11. The standard InChI is InChI=1S/C21H23N5O/c1-3-16-6-5-7-17(4-2)20(16)26-19-12-18(24-14-25-19)21(27)23-13-15-8-10-22-11-9-15/h5-12,14H,3-4,13H2,1-2H3,(H,23,27)(H,24,25,26). The van der Waals surface area contributed by atoms with Gasteiger partial charge in [-0.1, -0.05) is 32.0 Å². The summed E-state index contributed by atoms with van der Waals surface area (Å²) in [7, 11) is 0. The number of aryl methyl sites for hydroxylation is 2. The summed E-state index contributed by atoms with van der Waals surface area (Å²) in [6, 6.07) is 11.7. The lowest BCUT2D eigenvalue weighted by atomic mass is 10.0. The zero-order valence-corrected chi connectivity index (χ0v) is 15.6. The fourth-order valence-electron chi connectivity index (χ4n) is 2.85. The van der Waals surface area contributed by atoms with Crippen LogP contribution in [-0.2, 0) is 19.4 Å². The predicted molar refractivity (Wildman–Crippen MR) is 106 cm³/mol. The van der Waals surface area contributed by atoms with Crippen LogP contribution < -0.4 is 10.6 Å². The highest BCUT2D eigenvalue weighted by atomic mass is 16.1. The zero-order valence-electron chi connectivity index (χ0n) is 15.6. The summed E-state index contributed by atoms with van der Waals surface area (Å²) >= 11 is 0. The van der Waals surface area contributed by atoms with Gasteiger partial charge >= 0.3 is 0 Å². The molecule has 27 heavy (non-hydrogen) atoms. The lowest BCUT2D eigenvalue weighted by Gasteiger charge is -2.15. The van der Waals surface area contributed by atoms with E-state index in [0.29, 0.717) is 18.1 Å². The number of pyridine rings is 1. The molecule has 138 valence electrons. The molecular weight excluding hydrogens is 338 g/mol. The van der Waals surface area contributed by atoms with Gasteiger partial charge in [0.15, 0.2) is 0 Å². The van der Waals surface area contributed by atoms with Gasteiger partial charge in [-0.2, -0.15) is 0 Å². The first-order valence-electron chi connectivity index (χ1n) is 9.08. The second-order valence-corrected chi connectivity index (χ2v) is 6.11. The van der Waals surface area contributed by atoms with Gasteiger partial charge in [-0.25, -0.2) is 9.97 Å². The highest BCUT2D eigenvalue weighted by Crippen LogP contribution is 2.25. The molecule has 1 amide bonds. The Labute approximate surface area is 159 Å². The van der Waals surface area contributed by atoms with E-state index in [-0.39, 0.29) is 5.91 Å². The molecule has 0 radical (unpaired) electrons. The van der Waals surface area contributed by atoms with Gasteiger partial charge in [0.25, 0.3) is 5.91 Å². The van der Waals surface area contributed by atoms with E-state index in [1.165, 1.54) is 17.5 Å². The Hall–Kier alpha value is -3.28. The number of nitrogens with zero attached hydrogens (tertiary/aromatic N) is 3. The Morgan fingerprint density at radius 3 is 2.37 bits per heavy atom. The molecule has 2 N–H and O–H groups in total. The van der Waals surface area contributed by atoms with Gasteiger partial charge in [0.1, 0.15) is 17.8 Å². The third-order valence-corrected chi connectivity index (χ3v) is 4.35. The van der Waals surface area contributed by atoms with E-state index in [1.807, 2.05) is 12.1 Å². The summed E-state index contributed by atoms with van der Waals surface area (Å²) in [5.74, 6) is 0.367. The van der Waals surface area contributed by atoms with E-state index in [0.717, 1.165) is 24.1 Å². The predicted octanol–water partition coefficient (Wildman–Crippen LogP) is 3.67. The number of carbonyl (C=O) groups is 1. The highest BCUT2D eigenvalue weighted by molar-refractivity contribution is 5.93. The molecule has 0 aliphatic heterocycles. The minimum Gasteiger partial charge on any atom is -0.347 e. The third kappa shape index (κ3) is 4.67. The van der Waals surface area contributed by atoms with Crippen LogP contribution in [0.25, 0.3) is 0 Å². The molecule has 0 saturated carbocycles. The highest BCUT2D eigenvalue weighted by Gasteiger charge is 2.11. The monoisotopic (exact) mass is 361 g/mol. The number of para-hydroxylation sites is 1. The summed E-state index contributed by atoms with van der Waals surface area (Å²) in [6.07, 6.45) is 6.64. The maximum atomic E-state index is 12.4. The molecule has 0 fully saturated rings. The van der Waals surface area contributed by atoms with Gasteiger partial charge in [0.05, 0.1) is 0 Å². The summed E-state index contributed by atoms with van der Waals surface area (Å²) in [5.41, 5.74) is 4.81. The number of hydrogen-bond acceptors (Lipinski definition) is 5. The van der Waals surface area contributed by atoms with Crippen molar-refractivity contribution in [3.8, 4) is 0 Å². The molecule has 0 bridgehead atoms. The van der Waals surface area contributed by atoms with Crippen LogP contribution in [0.3, 0.4) is 0 Å². The maximum Gasteiger partial charge on any atom is 0.270 e. The first-order valence-corrected chi connectivity index (χ1v) is 9.08. The van der Waals surface area contributed by atoms with E-state index < -0.39 is 0 Å². The van der Waals surface area contributed by atoms with Crippen molar-refractivity contribution in [2.75, 3.05) is 5.32 Å². The van der Waals surface area contributed by atoms with Crippen LogP contribution in [0.4, 0.5) is 11.5 Å². The molecule has 2 aromatic heterocycles. The van der Waals surface area contributed by atoms with Crippen molar-refractivity contribution >= 4 is 17.4 Å². The van der Waals surface area contributed by atoms with Gasteiger partial charge in [-0.05, 0) is 41.7 Å². The van der Waals surface area contributed by atoms with Crippen molar-refractivity contribution < 1.29 is 4.79 Å². The molecule has 6 nitrogen and oxygen atoms in total. The van der Waals surface area contributed by atoms with Crippen LogP contribution in [0.15, 0.2) is 55.1 Å². The number of nitrogens with one attached hydrogen (secondary N) is 2. The first-order chi connectivity index (χ1) is 13.2. The molecule has 6 heteroatoms. The second kappa shape index (κ2) is 8.89. The lowest BCUT2D eigenvalue weighted by Crippen LogP contribution is -2.24. The Morgan fingerprint density at radius 1 is 1.00 bits per heavy atom. The van der Waals surface area contributed by atoms with Crippen LogP contribution in [0.2, 0.25) is 0 Å². The van der Waals surface area contributed by atoms with E-state index >= 15 is 0 Å². The molecular formula is C21H23N5O. The van der Waals surface area contributed by atoms with Crippen molar-refractivity contribution in [3.05, 3.63) is 77.5 Å². The average Bonchev–Trinajstić information content (AvgIpc) is 2.73. The number of hydrogen-bond donors (Lipinski definition) is 2. The van der Waals surface area contributed by atoms with Crippen LogP contribution in [-0.4, -0.2) is 20.9 Å². The Kier molecular flexibility index (Phi) is 6.10. The number of aromatic nitrogens is 3. The van der Waals surface area contributed by atoms with Crippen molar-refractivity contribution in [2.24, 2.45) is 0 Å². The van der Waals surface area contributed by atoms with Crippen molar-refractivity contribution in [1.82, 2.24) is 20.3 Å². The number of carbonyl (C=O) groups excluding carboxylic acids is 1. The van der Waals surface area contributed by atoms with Crippen molar-refractivity contribution in [3.63, 3.8) is 0 Å². The Balaban J connectivity index is 1.75. The molecule has 3 rings (SSSR count). The van der Waals surface area contributed by atoms with E-state index in [9.17, 15) is 4.79 Å². The number of benzene rings is 1. The molecule has 0 atom stereocenters. The quantitative estimate of drug-likeness (QED) is 0.671. The molecule has 0 saturated heterocycles. The lowest BCUT2D eigenvalue weighted by molar-refractivity contribution is 0.0946. The van der Waals surface area contributed by atoms with Gasteiger partial charge in [0.2, 0.25) is 0 Å². The molecule has 0 aliphatic carbocycles. The number of rotatable bonds is 7. The average molecular weight is 361 g/mol. The largest absolute Gasteiger partial charge is 0.347 e. The normalized spacial score (nSPS) is 10.4. The van der Waals surface area contributed by atoms with Crippen LogP contribution in [0, 0.1) is 0 Å². The molecule has 0 unspecified atom stereocenters. The molecule has 3 aromatic rings. The zero-order chi connectivity index (χ0) is 19.1. The van der Waals surface area contributed by atoms with Crippen LogP contribution in [0.1, 0.15) is 41.0 Å². The molecule has 1 aromatic carbocycles. The smallest absolute Gasteiger partial charge is 0.270 e. The summed E-state index contributed by atoms with van der Waals surface area (Å²) in [4.78, 5) is 24.8. The number of anilines is 2. The Morgan fingerprint density at radius 2 is 1.70 bits per heavy atom. The molecule has 2 heterocycles. The molecule has 0 spiro atoms. The van der Waals surface area contributed by atoms with Crippen LogP contribution in [0.5, 0.6) is 0 Å². The maximum absolute atomic E-state index is 12.4. The third-order valence-electron chi connectivity index (χ3n) is 4.35. The summed E-state index contributed by atoms with van der Waals surface area (Å²) < 4.78 is 0. The minimum absolute atomic E-state index is 0.239.